The maximum atomic E-state index is 12.7. The van der Waals surface area contributed by atoms with Crippen molar-refractivity contribution in [1.29, 1.82) is 0 Å². The van der Waals surface area contributed by atoms with E-state index in [0.29, 0.717) is 4.47 Å². The Morgan fingerprint density at radius 3 is 2.90 bits per heavy atom. The molecule has 0 saturated heterocycles. The van der Waals surface area contributed by atoms with Crippen LogP contribution in [0.2, 0.25) is 0 Å². The molecular weight excluding hydrogens is 199 g/mol. The van der Waals surface area contributed by atoms with Crippen molar-refractivity contribution in [2.75, 3.05) is 7.11 Å². The zero-order valence-corrected chi connectivity index (χ0v) is 6.90. The van der Waals surface area contributed by atoms with Gasteiger partial charge >= 0.3 is 0 Å². The van der Waals surface area contributed by atoms with Crippen LogP contribution in [0.25, 0.3) is 0 Å². The summed E-state index contributed by atoms with van der Waals surface area (Å²) in [6.07, 6.45) is 0. The van der Waals surface area contributed by atoms with Gasteiger partial charge in [0.1, 0.15) is 0 Å². The summed E-state index contributed by atoms with van der Waals surface area (Å²) in [7, 11) is 1.41. The van der Waals surface area contributed by atoms with Gasteiger partial charge < -0.3 is 4.74 Å². The molecule has 0 N–H and O–H groups in total. The van der Waals surface area contributed by atoms with E-state index in [-0.39, 0.29) is 5.75 Å². The van der Waals surface area contributed by atoms with Crippen LogP contribution in [-0.2, 0) is 0 Å². The highest BCUT2D eigenvalue weighted by Crippen LogP contribution is 2.19. The lowest BCUT2D eigenvalue weighted by Gasteiger charge is -1.99. The monoisotopic (exact) mass is 203 g/mol. The Bertz CT molecular complexity index is 237. The molecule has 0 spiro atoms. The molecule has 1 radical (unpaired) electrons. The number of hydrogen-bond acceptors (Lipinski definition) is 1. The van der Waals surface area contributed by atoms with Crippen molar-refractivity contribution >= 4 is 15.9 Å². The molecule has 0 aliphatic carbocycles. The van der Waals surface area contributed by atoms with Crippen molar-refractivity contribution in [1.82, 2.24) is 0 Å². The van der Waals surface area contributed by atoms with E-state index in [1.54, 1.807) is 6.07 Å². The Labute approximate surface area is 66.9 Å². The smallest absolute Gasteiger partial charge is 0.166 e. The summed E-state index contributed by atoms with van der Waals surface area (Å²) in [4.78, 5) is 0. The number of hydrogen-bond donors (Lipinski definition) is 0. The predicted molar refractivity (Wildman–Crippen MR) is 39.5 cm³/mol. The molecule has 0 unspecified atom stereocenters. The van der Waals surface area contributed by atoms with Gasteiger partial charge in [0.05, 0.1) is 7.11 Å². The van der Waals surface area contributed by atoms with Crippen LogP contribution in [0.5, 0.6) is 5.75 Å². The third-order valence-electron chi connectivity index (χ3n) is 1.03. The first-order chi connectivity index (χ1) is 4.74. The van der Waals surface area contributed by atoms with Crippen LogP contribution in [-0.4, -0.2) is 7.11 Å². The maximum absolute atomic E-state index is 12.7. The van der Waals surface area contributed by atoms with Crippen molar-refractivity contribution in [3.8, 4) is 5.75 Å². The van der Waals surface area contributed by atoms with Crippen molar-refractivity contribution in [2.24, 2.45) is 0 Å². The molecule has 0 aromatic heterocycles. The maximum Gasteiger partial charge on any atom is 0.166 e. The third-order valence-corrected chi connectivity index (χ3v) is 1.48. The Kier molecular flexibility index (Phi) is 2.27. The SMILES string of the molecule is COc1[c]cc(Br)cc1F. The number of ether oxygens (including phenoxy) is 1. The quantitative estimate of drug-likeness (QED) is 0.682. The topological polar surface area (TPSA) is 9.23 Å². The van der Waals surface area contributed by atoms with E-state index in [9.17, 15) is 4.39 Å². The van der Waals surface area contributed by atoms with Crippen LogP contribution in [0.1, 0.15) is 0 Å². The van der Waals surface area contributed by atoms with E-state index in [2.05, 4.69) is 26.7 Å². The highest BCUT2D eigenvalue weighted by Gasteiger charge is 2.00. The van der Waals surface area contributed by atoms with Crippen LogP contribution in [0, 0.1) is 11.9 Å². The number of halogens is 2. The second-order valence-corrected chi connectivity index (χ2v) is 2.61. The van der Waals surface area contributed by atoms with E-state index >= 15 is 0 Å². The molecule has 1 aromatic carbocycles. The molecule has 3 heteroatoms. The molecule has 1 nitrogen and oxygen atoms in total. The first-order valence-electron chi connectivity index (χ1n) is 2.65. The van der Waals surface area contributed by atoms with Crippen LogP contribution >= 0.6 is 15.9 Å². The second-order valence-electron chi connectivity index (χ2n) is 1.70. The van der Waals surface area contributed by atoms with Gasteiger partial charge in [-0.05, 0) is 12.1 Å². The molecule has 0 fully saturated rings. The fourth-order valence-electron chi connectivity index (χ4n) is 0.588. The minimum Gasteiger partial charge on any atom is -0.493 e. The van der Waals surface area contributed by atoms with E-state index in [1.165, 1.54) is 13.2 Å². The first kappa shape index (κ1) is 7.54. The normalized spacial score (nSPS) is 9.50. The lowest BCUT2D eigenvalue weighted by atomic mass is 10.3. The van der Waals surface area contributed by atoms with Gasteiger partial charge in [-0.3, -0.25) is 0 Å². The summed E-state index contributed by atoms with van der Waals surface area (Å²) in [5, 5.41) is 0. The van der Waals surface area contributed by atoms with Gasteiger partial charge in [0.2, 0.25) is 0 Å². The molecule has 10 heavy (non-hydrogen) atoms. The van der Waals surface area contributed by atoms with Gasteiger partial charge in [-0.2, -0.15) is 0 Å². The van der Waals surface area contributed by atoms with Gasteiger partial charge in [-0.25, -0.2) is 4.39 Å². The molecule has 1 rings (SSSR count). The van der Waals surface area contributed by atoms with Crippen LogP contribution < -0.4 is 4.74 Å². The Balaban J connectivity index is 3.07. The van der Waals surface area contributed by atoms with Gasteiger partial charge in [0, 0.05) is 10.5 Å². The molecule has 53 valence electrons. The lowest BCUT2D eigenvalue weighted by molar-refractivity contribution is 0.385. The minimum atomic E-state index is -0.406. The van der Waals surface area contributed by atoms with Crippen molar-refractivity contribution < 1.29 is 9.13 Å². The third kappa shape index (κ3) is 1.48. The summed E-state index contributed by atoms with van der Waals surface area (Å²) < 4.78 is 18.0. The van der Waals surface area contributed by atoms with E-state index in [1.807, 2.05) is 0 Å². The van der Waals surface area contributed by atoms with E-state index in [4.69, 9.17) is 0 Å². The molecule has 0 saturated carbocycles. The number of rotatable bonds is 1. The molecule has 0 atom stereocenters. The molecule has 0 aliphatic rings. The van der Waals surface area contributed by atoms with Gasteiger partial charge in [-0.15, -0.1) is 0 Å². The second kappa shape index (κ2) is 3.01. The van der Waals surface area contributed by atoms with Gasteiger partial charge in [0.15, 0.2) is 11.6 Å². The average molecular weight is 204 g/mol. The van der Waals surface area contributed by atoms with Crippen molar-refractivity contribution in [3.05, 3.63) is 28.5 Å². The van der Waals surface area contributed by atoms with E-state index in [0.717, 1.165) is 0 Å². The fraction of sp³-hybridized carbons (Fsp3) is 0.143. The molecule has 0 amide bonds. The lowest BCUT2D eigenvalue weighted by Crippen LogP contribution is -1.86. The summed E-state index contributed by atoms with van der Waals surface area (Å²) >= 11 is 3.10. The number of benzene rings is 1. The fourth-order valence-corrected chi connectivity index (χ4v) is 0.904. The Hall–Kier alpha value is -0.570. The molecule has 0 aliphatic heterocycles. The zero-order chi connectivity index (χ0) is 7.56. The Morgan fingerprint density at radius 2 is 2.40 bits per heavy atom. The van der Waals surface area contributed by atoms with Crippen molar-refractivity contribution in [2.45, 2.75) is 0 Å². The zero-order valence-electron chi connectivity index (χ0n) is 5.32. The predicted octanol–water partition coefficient (Wildman–Crippen LogP) is 2.40. The van der Waals surface area contributed by atoms with Crippen LogP contribution in [0.4, 0.5) is 4.39 Å². The first-order valence-corrected chi connectivity index (χ1v) is 3.44. The summed E-state index contributed by atoms with van der Waals surface area (Å²) in [6, 6.07) is 5.54. The molecule has 0 bridgehead atoms. The standard InChI is InChI=1S/C7H5BrFO/c1-10-7-3-2-5(8)4-6(7)9/h2,4H,1H3. The largest absolute Gasteiger partial charge is 0.493 e. The van der Waals surface area contributed by atoms with Gasteiger partial charge in [-0.1, -0.05) is 15.9 Å². The van der Waals surface area contributed by atoms with Gasteiger partial charge in [0.25, 0.3) is 0 Å². The molecular formula is C7H5BrFO. The summed E-state index contributed by atoms with van der Waals surface area (Å²) in [5.74, 6) is -0.264. The Morgan fingerprint density at radius 1 is 1.70 bits per heavy atom. The molecule has 1 aromatic rings. The number of methoxy groups -OCH3 is 1. The highest BCUT2D eigenvalue weighted by atomic mass is 79.9. The summed E-state index contributed by atoms with van der Waals surface area (Å²) in [6.45, 7) is 0. The van der Waals surface area contributed by atoms with Crippen molar-refractivity contribution in [3.63, 3.8) is 0 Å². The van der Waals surface area contributed by atoms with Crippen LogP contribution in [0.3, 0.4) is 0 Å². The van der Waals surface area contributed by atoms with E-state index < -0.39 is 5.82 Å². The summed E-state index contributed by atoms with van der Waals surface area (Å²) in [5.41, 5.74) is 0. The minimum absolute atomic E-state index is 0.142. The highest BCUT2D eigenvalue weighted by molar-refractivity contribution is 9.10. The van der Waals surface area contributed by atoms with Crippen LogP contribution in [0.15, 0.2) is 16.6 Å². The average Bonchev–Trinajstić information content (AvgIpc) is 1.88. The molecule has 0 heterocycles.